The fourth-order valence-electron chi connectivity index (χ4n) is 1.94. The van der Waals surface area contributed by atoms with E-state index in [9.17, 15) is 0 Å². The van der Waals surface area contributed by atoms with Crippen LogP contribution in [0, 0.1) is 0 Å². The van der Waals surface area contributed by atoms with Gasteiger partial charge in [0, 0.05) is 13.1 Å². The Bertz CT molecular complexity index is 348. The van der Waals surface area contributed by atoms with Gasteiger partial charge in [-0.15, -0.1) is 0 Å². The van der Waals surface area contributed by atoms with Crippen molar-refractivity contribution in [3.8, 4) is 5.75 Å². The highest BCUT2D eigenvalue weighted by molar-refractivity contribution is 5.31. The Morgan fingerprint density at radius 2 is 2.25 bits per heavy atom. The summed E-state index contributed by atoms with van der Waals surface area (Å²) in [6, 6.07) is 8.28. The fraction of sp³-hybridized carbons (Fsp3) is 0.538. The average Bonchev–Trinajstić information content (AvgIpc) is 2.26. The van der Waals surface area contributed by atoms with Crippen molar-refractivity contribution in [2.24, 2.45) is 5.73 Å². The van der Waals surface area contributed by atoms with Gasteiger partial charge in [-0.25, -0.2) is 0 Å². The zero-order valence-electron chi connectivity index (χ0n) is 10.0. The Morgan fingerprint density at radius 1 is 1.50 bits per heavy atom. The van der Waals surface area contributed by atoms with E-state index in [1.165, 1.54) is 5.56 Å². The highest BCUT2D eigenvalue weighted by Crippen LogP contribution is 2.22. The number of nitrogens with zero attached hydrogens (tertiary/aromatic N) is 1. The number of benzene rings is 1. The molecule has 0 aromatic heterocycles. The Morgan fingerprint density at radius 3 is 2.88 bits per heavy atom. The molecule has 0 amide bonds. The van der Waals surface area contributed by atoms with Crippen molar-refractivity contribution in [2.45, 2.75) is 18.9 Å². The molecule has 0 bridgehead atoms. The summed E-state index contributed by atoms with van der Waals surface area (Å²) in [5.74, 6) is 1.36. The lowest BCUT2D eigenvalue weighted by Gasteiger charge is -2.36. The largest absolute Gasteiger partial charge is 0.488 e. The Balaban J connectivity index is 1.99. The van der Waals surface area contributed by atoms with E-state index >= 15 is 0 Å². The van der Waals surface area contributed by atoms with Crippen LogP contribution in [0.3, 0.4) is 0 Å². The van der Waals surface area contributed by atoms with E-state index in [-0.39, 0.29) is 0 Å². The maximum atomic E-state index is 5.87. The topological polar surface area (TPSA) is 38.5 Å². The minimum atomic E-state index is 0.355. The normalized spacial score (nSPS) is 19.2. The standard InChI is InChI=1S/C13H20N2O/c1-10(7-14)11-4-3-5-12(6-11)16-13-8-15(2)9-13/h3-6,10,13H,7-9,14H2,1-2H3. The molecule has 0 spiro atoms. The molecule has 2 N–H and O–H groups in total. The van der Waals surface area contributed by atoms with Crippen molar-refractivity contribution in [2.75, 3.05) is 26.7 Å². The summed E-state index contributed by atoms with van der Waals surface area (Å²) in [6.07, 6.45) is 0.355. The second-order valence-corrected chi connectivity index (χ2v) is 4.67. The lowest BCUT2D eigenvalue weighted by atomic mass is 10.0. The van der Waals surface area contributed by atoms with Crippen LogP contribution in [-0.4, -0.2) is 37.7 Å². The first kappa shape index (κ1) is 11.4. The average molecular weight is 220 g/mol. The summed E-state index contributed by atoms with van der Waals surface area (Å²) < 4.78 is 5.87. The van der Waals surface area contributed by atoms with Crippen LogP contribution >= 0.6 is 0 Å². The highest BCUT2D eigenvalue weighted by atomic mass is 16.5. The van der Waals surface area contributed by atoms with Crippen molar-refractivity contribution < 1.29 is 4.74 Å². The number of hydrogen-bond acceptors (Lipinski definition) is 3. The summed E-state index contributed by atoms with van der Waals surface area (Å²) in [4.78, 5) is 2.25. The van der Waals surface area contributed by atoms with Crippen molar-refractivity contribution in [3.63, 3.8) is 0 Å². The molecule has 0 radical (unpaired) electrons. The first-order chi connectivity index (χ1) is 7.69. The van der Waals surface area contributed by atoms with E-state index in [1.807, 2.05) is 12.1 Å². The Labute approximate surface area is 97.2 Å². The van der Waals surface area contributed by atoms with E-state index in [0.29, 0.717) is 18.6 Å². The van der Waals surface area contributed by atoms with Crippen molar-refractivity contribution in [1.82, 2.24) is 4.90 Å². The van der Waals surface area contributed by atoms with Gasteiger partial charge in [0.15, 0.2) is 0 Å². The molecule has 2 rings (SSSR count). The van der Waals surface area contributed by atoms with Crippen molar-refractivity contribution in [1.29, 1.82) is 0 Å². The van der Waals surface area contributed by atoms with Gasteiger partial charge >= 0.3 is 0 Å². The van der Waals surface area contributed by atoms with Gasteiger partial charge in [0.2, 0.25) is 0 Å². The first-order valence-electron chi connectivity index (χ1n) is 5.84. The van der Waals surface area contributed by atoms with Gasteiger partial charge < -0.3 is 10.5 Å². The molecule has 1 aliphatic rings. The number of hydrogen-bond donors (Lipinski definition) is 1. The van der Waals surface area contributed by atoms with Crippen LogP contribution in [-0.2, 0) is 0 Å². The summed E-state index contributed by atoms with van der Waals surface area (Å²) in [7, 11) is 2.10. The monoisotopic (exact) mass is 220 g/mol. The second-order valence-electron chi connectivity index (χ2n) is 4.67. The van der Waals surface area contributed by atoms with Gasteiger partial charge in [-0.2, -0.15) is 0 Å². The van der Waals surface area contributed by atoms with Gasteiger partial charge in [-0.3, -0.25) is 4.90 Å². The van der Waals surface area contributed by atoms with E-state index in [2.05, 4.69) is 31.0 Å². The number of ether oxygens (including phenoxy) is 1. The maximum Gasteiger partial charge on any atom is 0.124 e. The highest BCUT2D eigenvalue weighted by Gasteiger charge is 2.24. The predicted molar refractivity (Wildman–Crippen MR) is 65.8 cm³/mol. The summed E-state index contributed by atoms with van der Waals surface area (Å²) in [6.45, 7) is 4.86. The summed E-state index contributed by atoms with van der Waals surface area (Å²) in [5, 5.41) is 0. The predicted octanol–water partition coefficient (Wildman–Crippen LogP) is 1.44. The van der Waals surface area contributed by atoms with Crippen molar-refractivity contribution >= 4 is 0 Å². The van der Waals surface area contributed by atoms with Crippen LogP contribution in [0.15, 0.2) is 24.3 Å². The molecule has 3 nitrogen and oxygen atoms in total. The van der Waals surface area contributed by atoms with Crippen molar-refractivity contribution in [3.05, 3.63) is 29.8 Å². The molecule has 1 fully saturated rings. The van der Waals surface area contributed by atoms with Crippen LogP contribution in [0.2, 0.25) is 0 Å². The lowest BCUT2D eigenvalue weighted by molar-refractivity contribution is 0.0388. The van der Waals surface area contributed by atoms with Gasteiger partial charge in [-0.1, -0.05) is 19.1 Å². The third kappa shape index (κ3) is 2.54. The zero-order valence-corrected chi connectivity index (χ0v) is 10.0. The number of nitrogens with two attached hydrogens (primary N) is 1. The van der Waals surface area contributed by atoms with Crippen LogP contribution in [0.5, 0.6) is 5.75 Å². The minimum Gasteiger partial charge on any atom is -0.488 e. The lowest BCUT2D eigenvalue weighted by Crippen LogP contribution is -2.51. The van der Waals surface area contributed by atoms with Crippen LogP contribution in [0.1, 0.15) is 18.4 Å². The van der Waals surface area contributed by atoms with Crippen LogP contribution < -0.4 is 10.5 Å². The molecule has 1 saturated heterocycles. The fourth-order valence-corrected chi connectivity index (χ4v) is 1.94. The maximum absolute atomic E-state index is 5.87. The second kappa shape index (κ2) is 4.85. The molecule has 0 aliphatic carbocycles. The molecule has 1 unspecified atom stereocenters. The zero-order chi connectivity index (χ0) is 11.5. The molecule has 1 atom stereocenters. The molecular formula is C13H20N2O. The molecule has 1 aromatic rings. The number of likely N-dealkylation sites (tertiary alicyclic amines) is 1. The smallest absolute Gasteiger partial charge is 0.124 e. The SMILES string of the molecule is CC(CN)c1cccc(OC2CN(C)C2)c1. The molecule has 88 valence electrons. The Hall–Kier alpha value is -1.06. The third-order valence-corrected chi connectivity index (χ3v) is 3.11. The third-order valence-electron chi connectivity index (χ3n) is 3.11. The molecule has 16 heavy (non-hydrogen) atoms. The molecule has 3 heteroatoms. The van der Waals surface area contributed by atoms with Crippen LogP contribution in [0.25, 0.3) is 0 Å². The molecule has 1 heterocycles. The molecule has 0 saturated carbocycles. The van der Waals surface area contributed by atoms with Gasteiger partial charge in [-0.05, 0) is 37.2 Å². The Kier molecular flexibility index (Phi) is 3.46. The van der Waals surface area contributed by atoms with E-state index < -0.39 is 0 Å². The summed E-state index contributed by atoms with van der Waals surface area (Å²) in [5.41, 5.74) is 6.92. The van der Waals surface area contributed by atoms with Crippen LogP contribution in [0.4, 0.5) is 0 Å². The van der Waals surface area contributed by atoms with E-state index in [4.69, 9.17) is 10.5 Å². The van der Waals surface area contributed by atoms with Gasteiger partial charge in [0.1, 0.15) is 11.9 Å². The van der Waals surface area contributed by atoms with E-state index in [0.717, 1.165) is 18.8 Å². The molecule has 1 aliphatic heterocycles. The number of likely N-dealkylation sites (N-methyl/N-ethyl adjacent to an activating group) is 1. The van der Waals surface area contributed by atoms with E-state index in [1.54, 1.807) is 0 Å². The number of rotatable bonds is 4. The molecule has 1 aromatic carbocycles. The summed E-state index contributed by atoms with van der Waals surface area (Å²) >= 11 is 0. The quantitative estimate of drug-likeness (QED) is 0.834. The minimum absolute atomic E-state index is 0.355. The van der Waals surface area contributed by atoms with Gasteiger partial charge in [0.05, 0.1) is 0 Å². The molecular weight excluding hydrogens is 200 g/mol. The van der Waals surface area contributed by atoms with Gasteiger partial charge in [0.25, 0.3) is 0 Å². The first-order valence-corrected chi connectivity index (χ1v) is 5.84.